The SMILES string of the molecule is CCCCn1c(=O)[nH]c(=O)c2c1nc(CN(Cc1sccc1C)C(C)C)n2CC. The van der Waals surface area contributed by atoms with Gasteiger partial charge < -0.3 is 4.57 Å². The molecule has 158 valence electrons. The van der Waals surface area contributed by atoms with E-state index < -0.39 is 0 Å². The van der Waals surface area contributed by atoms with Crippen molar-refractivity contribution in [2.75, 3.05) is 0 Å². The Morgan fingerprint density at radius 3 is 2.55 bits per heavy atom. The van der Waals surface area contributed by atoms with E-state index in [9.17, 15) is 9.59 Å². The fraction of sp³-hybridized carbons (Fsp3) is 0.571. The van der Waals surface area contributed by atoms with E-state index in [4.69, 9.17) is 4.98 Å². The fourth-order valence-corrected chi connectivity index (χ4v) is 4.49. The van der Waals surface area contributed by atoms with Gasteiger partial charge in [0.05, 0.1) is 6.54 Å². The topological polar surface area (TPSA) is 75.9 Å². The van der Waals surface area contributed by atoms with Gasteiger partial charge in [-0.2, -0.15) is 0 Å². The van der Waals surface area contributed by atoms with Crippen LogP contribution in [0.1, 0.15) is 56.8 Å². The highest BCUT2D eigenvalue weighted by molar-refractivity contribution is 7.10. The zero-order valence-corrected chi connectivity index (χ0v) is 18.8. The summed E-state index contributed by atoms with van der Waals surface area (Å²) in [5.74, 6) is 0.826. The van der Waals surface area contributed by atoms with Crippen LogP contribution in [0.15, 0.2) is 21.0 Å². The average Bonchev–Trinajstić information content (AvgIpc) is 3.24. The summed E-state index contributed by atoms with van der Waals surface area (Å²) in [6.07, 6.45) is 1.83. The van der Waals surface area contributed by atoms with Crippen molar-refractivity contribution in [3.05, 3.63) is 48.5 Å². The van der Waals surface area contributed by atoms with E-state index in [1.807, 2.05) is 11.5 Å². The molecule has 3 rings (SSSR count). The van der Waals surface area contributed by atoms with Crippen molar-refractivity contribution >= 4 is 22.5 Å². The Morgan fingerprint density at radius 1 is 1.21 bits per heavy atom. The molecule has 8 heteroatoms. The number of aromatic nitrogens is 4. The van der Waals surface area contributed by atoms with E-state index in [2.05, 4.69) is 49.0 Å². The van der Waals surface area contributed by atoms with Gasteiger partial charge in [0.2, 0.25) is 0 Å². The molecule has 0 aliphatic heterocycles. The maximum absolute atomic E-state index is 12.6. The number of aryl methyl sites for hydroxylation is 3. The molecule has 0 aliphatic rings. The number of unbranched alkanes of at least 4 members (excludes halogenated alkanes) is 1. The minimum Gasteiger partial charge on any atom is -0.321 e. The average molecular weight is 418 g/mol. The summed E-state index contributed by atoms with van der Waals surface area (Å²) in [5.41, 5.74) is 1.56. The molecule has 0 unspecified atom stereocenters. The Labute approximate surface area is 175 Å². The molecule has 3 aromatic heterocycles. The minimum absolute atomic E-state index is 0.321. The molecule has 0 saturated heterocycles. The fourth-order valence-electron chi connectivity index (χ4n) is 3.56. The van der Waals surface area contributed by atoms with E-state index in [1.54, 1.807) is 15.9 Å². The quantitative estimate of drug-likeness (QED) is 0.578. The summed E-state index contributed by atoms with van der Waals surface area (Å²) < 4.78 is 3.56. The maximum Gasteiger partial charge on any atom is 0.330 e. The highest BCUT2D eigenvalue weighted by atomic mass is 32.1. The van der Waals surface area contributed by atoms with E-state index in [0.717, 1.165) is 25.2 Å². The first kappa shape index (κ1) is 21.5. The Kier molecular flexibility index (Phi) is 6.74. The molecule has 0 fully saturated rings. The molecule has 0 aliphatic carbocycles. The van der Waals surface area contributed by atoms with Crippen molar-refractivity contribution in [1.82, 2.24) is 24.0 Å². The van der Waals surface area contributed by atoms with Crippen LogP contribution in [0.4, 0.5) is 0 Å². The molecular formula is C21H31N5O2S. The van der Waals surface area contributed by atoms with Gasteiger partial charge in [-0.05, 0) is 51.1 Å². The first-order valence-corrected chi connectivity index (χ1v) is 11.2. The first-order chi connectivity index (χ1) is 13.9. The second-order valence-corrected chi connectivity index (χ2v) is 8.74. The number of hydrogen-bond acceptors (Lipinski definition) is 5. The highest BCUT2D eigenvalue weighted by Crippen LogP contribution is 2.21. The van der Waals surface area contributed by atoms with Gasteiger partial charge in [0, 0.05) is 30.6 Å². The molecular weight excluding hydrogens is 386 g/mol. The van der Waals surface area contributed by atoms with Crippen molar-refractivity contribution in [3.63, 3.8) is 0 Å². The zero-order valence-electron chi connectivity index (χ0n) is 18.0. The van der Waals surface area contributed by atoms with Gasteiger partial charge in [-0.15, -0.1) is 11.3 Å². The Morgan fingerprint density at radius 2 is 1.97 bits per heavy atom. The lowest BCUT2D eigenvalue weighted by molar-refractivity contribution is 0.198. The number of aromatic amines is 1. The second-order valence-electron chi connectivity index (χ2n) is 7.73. The lowest BCUT2D eigenvalue weighted by Gasteiger charge is -2.26. The third-order valence-corrected chi connectivity index (χ3v) is 6.41. The number of thiophene rings is 1. The number of hydrogen-bond donors (Lipinski definition) is 1. The predicted octanol–water partition coefficient (Wildman–Crippen LogP) is 3.49. The van der Waals surface area contributed by atoms with Gasteiger partial charge in [-0.25, -0.2) is 9.78 Å². The molecule has 3 aromatic rings. The zero-order chi connectivity index (χ0) is 21.1. The molecule has 0 amide bonds. The Hall–Kier alpha value is -2.19. The van der Waals surface area contributed by atoms with Gasteiger partial charge in [0.1, 0.15) is 5.82 Å². The van der Waals surface area contributed by atoms with Gasteiger partial charge in [0.15, 0.2) is 11.2 Å². The third-order valence-electron chi connectivity index (χ3n) is 5.41. The van der Waals surface area contributed by atoms with Crippen LogP contribution in [0, 0.1) is 6.92 Å². The number of fused-ring (bicyclic) bond motifs is 1. The molecule has 0 saturated carbocycles. The van der Waals surface area contributed by atoms with Crippen molar-refractivity contribution < 1.29 is 0 Å². The van der Waals surface area contributed by atoms with Crippen LogP contribution in [-0.2, 0) is 26.2 Å². The predicted molar refractivity (Wildman–Crippen MR) is 119 cm³/mol. The summed E-state index contributed by atoms with van der Waals surface area (Å²) in [6, 6.07) is 2.47. The summed E-state index contributed by atoms with van der Waals surface area (Å²) in [6.45, 7) is 13.2. The maximum atomic E-state index is 12.6. The normalized spacial score (nSPS) is 12.0. The van der Waals surface area contributed by atoms with Crippen LogP contribution in [0.5, 0.6) is 0 Å². The number of nitrogens with one attached hydrogen (secondary N) is 1. The number of rotatable bonds is 9. The van der Waals surface area contributed by atoms with Crippen LogP contribution < -0.4 is 11.2 Å². The largest absolute Gasteiger partial charge is 0.330 e. The van der Waals surface area contributed by atoms with E-state index >= 15 is 0 Å². The van der Waals surface area contributed by atoms with Gasteiger partial charge in [-0.3, -0.25) is 19.2 Å². The standard InChI is InChI=1S/C21H31N5O2S/c1-6-8-10-26-19-18(20(27)23-21(26)28)25(7-2)17(22-19)13-24(14(3)4)12-16-15(5)9-11-29-16/h9,11,14H,6-8,10,12-13H2,1-5H3,(H,23,27,28). The molecule has 0 radical (unpaired) electrons. The second kappa shape index (κ2) is 9.09. The summed E-state index contributed by atoms with van der Waals surface area (Å²) in [5, 5.41) is 2.12. The van der Waals surface area contributed by atoms with Gasteiger partial charge in [0.25, 0.3) is 5.56 Å². The van der Waals surface area contributed by atoms with E-state index in [1.165, 1.54) is 10.4 Å². The summed E-state index contributed by atoms with van der Waals surface area (Å²) in [4.78, 5) is 36.0. The van der Waals surface area contributed by atoms with Crippen molar-refractivity contribution in [1.29, 1.82) is 0 Å². The highest BCUT2D eigenvalue weighted by Gasteiger charge is 2.21. The van der Waals surface area contributed by atoms with Gasteiger partial charge in [-0.1, -0.05) is 13.3 Å². The first-order valence-electron chi connectivity index (χ1n) is 10.4. The molecule has 1 N–H and O–H groups in total. The monoisotopic (exact) mass is 417 g/mol. The van der Waals surface area contributed by atoms with Crippen LogP contribution in [-0.4, -0.2) is 30.0 Å². The number of H-pyrrole nitrogens is 1. The molecule has 3 heterocycles. The van der Waals surface area contributed by atoms with Gasteiger partial charge >= 0.3 is 5.69 Å². The summed E-state index contributed by atoms with van der Waals surface area (Å²) >= 11 is 1.77. The van der Waals surface area contributed by atoms with Crippen molar-refractivity contribution in [2.45, 2.75) is 79.7 Å². The Balaban J connectivity index is 2.06. The van der Waals surface area contributed by atoms with E-state index in [-0.39, 0.29) is 11.2 Å². The molecule has 0 spiro atoms. The lowest BCUT2D eigenvalue weighted by atomic mass is 10.2. The van der Waals surface area contributed by atoms with Crippen LogP contribution in [0.2, 0.25) is 0 Å². The molecule has 0 bridgehead atoms. The van der Waals surface area contributed by atoms with E-state index in [0.29, 0.717) is 36.8 Å². The third kappa shape index (κ3) is 4.38. The Bertz CT molecular complexity index is 1090. The van der Waals surface area contributed by atoms with Crippen LogP contribution >= 0.6 is 11.3 Å². The van der Waals surface area contributed by atoms with Crippen molar-refractivity contribution in [2.24, 2.45) is 0 Å². The lowest BCUT2D eigenvalue weighted by Crippen LogP contribution is -2.31. The minimum atomic E-state index is -0.377. The van der Waals surface area contributed by atoms with Crippen LogP contribution in [0.3, 0.4) is 0 Å². The summed E-state index contributed by atoms with van der Waals surface area (Å²) in [7, 11) is 0. The number of imidazole rings is 1. The number of nitrogens with zero attached hydrogens (tertiary/aromatic N) is 4. The molecule has 7 nitrogen and oxygen atoms in total. The van der Waals surface area contributed by atoms with Crippen molar-refractivity contribution in [3.8, 4) is 0 Å². The molecule has 29 heavy (non-hydrogen) atoms. The smallest absolute Gasteiger partial charge is 0.321 e. The molecule has 0 aromatic carbocycles. The van der Waals surface area contributed by atoms with Crippen LogP contribution in [0.25, 0.3) is 11.2 Å². The molecule has 0 atom stereocenters.